The first-order chi connectivity index (χ1) is 4.72. The Morgan fingerprint density at radius 3 is 2.80 bits per heavy atom. The van der Waals surface area contributed by atoms with E-state index in [4.69, 9.17) is 11.1 Å². The van der Waals surface area contributed by atoms with Crippen molar-refractivity contribution in [2.75, 3.05) is 6.61 Å². The van der Waals surface area contributed by atoms with E-state index in [0.717, 1.165) is 6.20 Å². The molecule has 0 saturated heterocycles. The minimum Gasteiger partial charge on any atom is -0.461 e. The van der Waals surface area contributed by atoms with Crippen molar-refractivity contribution in [3.8, 4) is 0 Å². The van der Waals surface area contributed by atoms with E-state index in [1.807, 2.05) is 0 Å². The molecule has 0 radical (unpaired) electrons. The fraction of sp³-hybridized carbons (Fsp3) is 0.333. The molecular formula is C6H10N2O2. The molecule has 4 nitrogen and oxygen atoms in total. The molecule has 0 atom stereocenters. The highest BCUT2D eigenvalue weighted by Gasteiger charge is 2.04. The zero-order valence-electron chi connectivity index (χ0n) is 5.76. The van der Waals surface area contributed by atoms with E-state index in [-0.39, 0.29) is 12.3 Å². The van der Waals surface area contributed by atoms with Crippen molar-refractivity contribution in [1.82, 2.24) is 0 Å². The van der Waals surface area contributed by atoms with Crippen LogP contribution in [0.2, 0.25) is 0 Å². The highest BCUT2D eigenvalue weighted by atomic mass is 16.5. The van der Waals surface area contributed by atoms with Gasteiger partial charge in [0, 0.05) is 0 Å². The summed E-state index contributed by atoms with van der Waals surface area (Å²) >= 11 is 0. The third kappa shape index (κ3) is 2.86. The van der Waals surface area contributed by atoms with Gasteiger partial charge in [-0.15, -0.1) is 0 Å². The number of esters is 1. The molecule has 0 amide bonds. The number of nitrogens with one attached hydrogen (secondary N) is 1. The van der Waals surface area contributed by atoms with E-state index < -0.39 is 5.97 Å². The van der Waals surface area contributed by atoms with E-state index >= 15 is 0 Å². The fourth-order valence-electron chi connectivity index (χ4n) is 0.373. The second kappa shape index (κ2) is 4.55. The summed E-state index contributed by atoms with van der Waals surface area (Å²) in [6.07, 6.45) is 2.30. The van der Waals surface area contributed by atoms with Crippen molar-refractivity contribution < 1.29 is 9.53 Å². The van der Waals surface area contributed by atoms with Crippen LogP contribution in [-0.2, 0) is 9.53 Å². The molecule has 0 aromatic heterocycles. The molecule has 0 saturated carbocycles. The molecule has 10 heavy (non-hydrogen) atoms. The van der Waals surface area contributed by atoms with E-state index in [1.165, 1.54) is 6.08 Å². The molecule has 0 aromatic rings. The molecule has 0 aliphatic carbocycles. The summed E-state index contributed by atoms with van der Waals surface area (Å²) in [7, 11) is 0. The smallest absolute Gasteiger partial charge is 0.356 e. The van der Waals surface area contributed by atoms with Crippen LogP contribution in [0.5, 0.6) is 0 Å². The van der Waals surface area contributed by atoms with E-state index in [0.29, 0.717) is 0 Å². The third-order valence-electron chi connectivity index (χ3n) is 0.758. The Morgan fingerprint density at radius 2 is 2.40 bits per heavy atom. The van der Waals surface area contributed by atoms with Gasteiger partial charge in [-0.25, -0.2) is 4.79 Å². The average Bonchev–Trinajstić information content (AvgIpc) is 1.89. The van der Waals surface area contributed by atoms with Gasteiger partial charge < -0.3 is 10.5 Å². The summed E-state index contributed by atoms with van der Waals surface area (Å²) in [5, 5.41) is 6.96. The number of carbonyl (C=O) groups is 1. The number of hydrogen-bond donors (Lipinski definition) is 2. The second-order valence-electron chi connectivity index (χ2n) is 1.49. The Balaban J connectivity index is 3.83. The van der Waals surface area contributed by atoms with Crippen LogP contribution in [0.4, 0.5) is 0 Å². The van der Waals surface area contributed by atoms with Crippen LogP contribution in [0.15, 0.2) is 12.3 Å². The topological polar surface area (TPSA) is 76.2 Å². The van der Waals surface area contributed by atoms with E-state index in [1.54, 1.807) is 6.92 Å². The first-order valence-electron chi connectivity index (χ1n) is 2.86. The summed E-state index contributed by atoms with van der Waals surface area (Å²) in [6.45, 7) is 1.96. The predicted octanol–water partition coefficient (Wildman–Crippen LogP) is 0.0417. The Labute approximate surface area is 59.2 Å². The summed E-state index contributed by atoms with van der Waals surface area (Å²) in [5.41, 5.74) is 4.70. The highest BCUT2D eigenvalue weighted by molar-refractivity contribution is 6.39. The third-order valence-corrected chi connectivity index (χ3v) is 0.758. The van der Waals surface area contributed by atoms with Crippen LogP contribution in [-0.4, -0.2) is 18.3 Å². The standard InChI is InChI=1S/C6H10N2O2/c1-2-10-6(9)5(8)3-4-7/h3-4,8H,2,7H2,1H3/b4-3-,8-5?. The Morgan fingerprint density at radius 1 is 1.80 bits per heavy atom. The molecule has 0 spiro atoms. The van der Waals surface area contributed by atoms with Crippen LogP contribution in [0.1, 0.15) is 6.92 Å². The van der Waals surface area contributed by atoms with Crippen LogP contribution in [0, 0.1) is 5.41 Å². The maximum absolute atomic E-state index is 10.6. The average molecular weight is 142 g/mol. The number of nitrogens with two attached hydrogens (primary N) is 1. The van der Waals surface area contributed by atoms with E-state index in [9.17, 15) is 4.79 Å². The van der Waals surface area contributed by atoms with Gasteiger partial charge in [-0.05, 0) is 19.2 Å². The van der Waals surface area contributed by atoms with Crippen molar-refractivity contribution in [1.29, 1.82) is 5.41 Å². The quantitative estimate of drug-likeness (QED) is 0.431. The molecule has 0 aromatic carbocycles. The van der Waals surface area contributed by atoms with Gasteiger partial charge in [-0.3, -0.25) is 5.41 Å². The maximum Gasteiger partial charge on any atom is 0.356 e. The molecule has 0 bridgehead atoms. The minimum atomic E-state index is -0.649. The monoisotopic (exact) mass is 142 g/mol. The highest BCUT2D eigenvalue weighted by Crippen LogP contribution is 1.82. The summed E-state index contributed by atoms with van der Waals surface area (Å²) < 4.78 is 4.49. The van der Waals surface area contributed by atoms with Crippen LogP contribution in [0.3, 0.4) is 0 Å². The van der Waals surface area contributed by atoms with Crippen molar-refractivity contribution in [2.45, 2.75) is 6.92 Å². The lowest BCUT2D eigenvalue weighted by molar-refractivity contribution is -0.135. The molecule has 0 heterocycles. The summed E-state index contributed by atoms with van der Waals surface area (Å²) in [5.74, 6) is -0.649. The predicted molar refractivity (Wildman–Crippen MR) is 37.7 cm³/mol. The lowest BCUT2D eigenvalue weighted by atomic mass is 10.4. The first-order valence-corrected chi connectivity index (χ1v) is 2.86. The Kier molecular flexibility index (Phi) is 3.95. The van der Waals surface area contributed by atoms with Crippen molar-refractivity contribution in [3.05, 3.63) is 12.3 Å². The molecule has 4 heteroatoms. The fourth-order valence-corrected chi connectivity index (χ4v) is 0.373. The molecule has 56 valence electrons. The summed E-state index contributed by atoms with van der Waals surface area (Å²) in [4.78, 5) is 10.6. The molecular weight excluding hydrogens is 132 g/mol. The lowest BCUT2D eigenvalue weighted by Gasteiger charge is -1.96. The van der Waals surface area contributed by atoms with E-state index in [2.05, 4.69) is 4.74 Å². The maximum atomic E-state index is 10.6. The first kappa shape index (κ1) is 8.68. The SMILES string of the molecule is CCOC(=O)C(=N)/C=C\N. The Bertz CT molecular complexity index is 163. The molecule has 0 aliphatic rings. The largest absolute Gasteiger partial charge is 0.461 e. The number of ether oxygens (including phenoxy) is 1. The normalized spacial score (nSPS) is 9.70. The minimum absolute atomic E-state index is 0.232. The zero-order chi connectivity index (χ0) is 7.98. The van der Waals surface area contributed by atoms with Gasteiger partial charge in [0.05, 0.1) is 6.61 Å². The molecule has 0 unspecified atom stereocenters. The van der Waals surface area contributed by atoms with Gasteiger partial charge in [0.2, 0.25) is 0 Å². The van der Waals surface area contributed by atoms with Gasteiger partial charge in [0.25, 0.3) is 0 Å². The lowest BCUT2D eigenvalue weighted by Crippen LogP contribution is -2.14. The van der Waals surface area contributed by atoms with Gasteiger partial charge in [-0.2, -0.15) is 0 Å². The second-order valence-corrected chi connectivity index (χ2v) is 1.49. The molecule has 0 rings (SSSR count). The van der Waals surface area contributed by atoms with Crippen LogP contribution in [0.25, 0.3) is 0 Å². The van der Waals surface area contributed by atoms with Gasteiger partial charge >= 0.3 is 5.97 Å². The van der Waals surface area contributed by atoms with Crippen LogP contribution >= 0.6 is 0 Å². The molecule has 3 N–H and O–H groups in total. The summed E-state index contributed by atoms with van der Waals surface area (Å²) in [6, 6.07) is 0. The van der Waals surface area contributed by atoms with Crippen molar-refractivity contribution in [2.24, 2.45) is 5.73 Å². The number of rotatable bonds is 3. The number of carbonyl (C=O) groups excluding carboxylic acids is 1. The van der Waals surface area contributed by atoms with Crippen molar-refractivity contribution >= 4 is 11.7 Å². The molecule has 0 aliphatic heterocycles. The van der Waals surface area contributed by atoms with Gasteiger partial charge in [0.15, 0.2) is 0 Å². The zero-order valence-corrected chi connectivity index (χ0v) is 5.76. The number of hydrogen-bond acceptors (Lipinski definition) is 4. The van der Waals surface area contributed by atoms with Crippen LogP contribution < -0.4 is 5.73 Å². The van der Waals surface area contributed by atoms with Gasteiger partial charge in [0.1, 0.15) is 5.71 Å². The van der Waals surface area contributed by atoms with Gasteiger partial charge in [-0.1, -0.05) is 0 Å². The Hall–Kier alpha value is -1.32. The molecule has 0 fully saturated rings. The van der Waals surface area contributed by atoms with Crippen molar-refractivity contribution in [3.63, 3.8) is 0 Å².